The van der Waals surface area contributed by atoms with Crippen LogP contribution in [0.3, 0.4) is 0 Å². The molecule has 0 amide bonds. The van der Waals surface area contributed by atoms with Gasteiger partial charge in [0.1, 0.15) is 23.8 Å². The van der Waals surface area contributed by atoms with Crippen LogP contribution in [0.15, 0.2) is 24.3 Å². The lowest BCUT2D eigenvalue weighted by atomic mass is 9.88. The number of aliphatic hydroxyl groups is 1. The Hall–Kier alpha value is -1.13. The van der Waals surface area contributed by atoms with E-state index in [0.29, 0.717) is 5.75 Å². The first-order chi connectivity index (χ1) is 10.6. The summed E-state index contributed by atoms with van der Waals surface area (Å²) in [6.07, 6.45) is 8.20. The fourth-order valence-electron chi connectivity index (χ4n) is 3.64. The first-order valence-electron chi connectivity index (χ1n) is 8.49. The summed E-state index contributed by atoms with van der Waals surface area (Å²) < 4.78 is 18.5. The molecule has 1 aliphatic heterocycles. The van der Waals surface area contributed by atoms with Crippen LogP contribution < -0.4 is 4.74 Å². The molecule has 0 aromatic heterocycles. The van der Waals surface area contributed by atoms with Gasteiger partial charge in [-0.15, -0.1) is 0 Å². The Labute approximate surface area is 132 Å². The largest absolute Gasteiger partial charge is 0.491 e. The summed E-state index contributed by atoms with van der Waals surface area (Å²) in [6, 6.07) is 6.69. The van der Waals surface area contributed by atoms with Crippen molar-refractivity contribution in [3.05, 3.63) is 30.1 Å². The molecule has 4 heteroatoms. The Morgan fingerprint density at radius 2 is 1.73 bits per heavy atom. The average molecular weight is 307 g/mol. The van der Waals surface area contributed by atoms with Gasteiger partial charge in [-0.1, -0.05) is 19.3 Å². The van der Waals surface area contributed by atoms with Crippen molar-refractivity contribution in [2.24, 2.45) is 0 Å². The van der Waals surface area contributed by atoms with Gasteiger partial charge in [-0.05, 0) is 49.9 Å². The van der Waals surface area contributed by atoms with Gasteiger partial charge in [-0.25, -0.2) is 4.39 Å². The van der Waals surface area contributed by atoms with Crippen molar-refractivity contribution in [1.29, 1.82) is 0 Å². The maximum atomic E-state index is 12.9. The standard InChI is InChI=1S/C18H26FNO2/c19-15-6-8-17(9-7-15)22-14-18(21)10-12-20(13-11-18)16-4-2-1-3-5-16/h6-9,16,21H,1-5,10-14H2. The minimum atomic E-state index is -0.750. The van der Waals surface area contributed by atoms with E-state index in [1.807, 2.05) is 0 Å². The normalized spacial score (nSPS) is 23.4. The lowest BCUT2D eigenvalue weighted by Gasteiger charge is -2.42. The van der Waals surface area contributed by atoms with Crippen molar-refractivity contribution in [3.8, 4) is 5.75 Å². The van der Waals surface area contributed by atoms with E-state index in [2.05, 4.69) is 4.90 Å². The SMILES string of the molecule is OC1(COc2ccc(F)cc2)CCN(C2CCCCC2)CC1. The lowest BCUT2D eigenvalue weighted by molar-refractivity contribution is -0.0618. The summed E-state index contributed by atoms with van der Waals surface area (Å²) in [5.41, 5.74) is -0.750. The Morgan fingerprint density at radius 3 is 2.36 bits per heavy atom. The van der Waals surface area contributed by atoms with Crippen molar-refractivity contribution in [2.75, 3.05) is 19.7 Å². The highest BCUT2D eigenvalue weighted by Crippen LogP contribution is 2.29. The molecule has 1 aromatic rings. The van der Waals surface area contributed by atoms with Gasteiger partial charge < -0.3 is 14.7 Å². The second kappa shape index (κ2) is 6.97. The Kier molecular flexibility index (Phi) is 4.99. The molecule has 1 aromatic carbocycles. The average Bonchev–Trinajstić information content (AvgIpc) is 2.56. The Balaban J connectivity index is 1.47. The number of benzene rings is 1. The van der Waals surface area contributed by atoms with E-state index in [1.54, 1.807) is 12.1 Å². The van der Waals surface area contributed by atoms with Gasteiger partial charge in [0.2, 0.25) is 0 Å². The number of piperidine rings is 1. The molecule has 0 bridgehead atoms. The van der Waals surface area contributed by atoms with Crippen LogP contribution >= 0.6 is 0 Å². The molecule has 3 rings (SSSR count). The molecule has 0 radical (unpaired) electrons. The quantitative estimate of drug-likeness (QED) is 0.926. The number of hydrogen-bond acceptors (Lipinski definition) is 3. The fourth-order valence-corrected chi connectivity index (χ4v) is 3.64. The zero-order valence-electron chi connectivity index (χ0n) is 13.1. The maximum absolute atomic E-state index is 12.9. The van der Waals surface area contributed by atoms with Crippen LogP contribution in [0.4, 0.5) is 4.39 Å². The summed E-state index contributed by atoms with van der Waals surface area (Å²) >= 11 is 0. The van der Waals surface area contributed by atoms with E-state index in [-0.39, 0.29) is 12.4 Å². The second-order valence-corrected chi connectivity index (χ2v) is 6.79. The van der Waals surface area contributed by atoms with Crippen LogP contribution in [0, 0.1) is 5.82 Å². The van der Waals surface area contributed by atoms with E-state index < -0.39 is 5.60 Å². The monoisotopic (exact) mass is 307 g/mol. The predicted molar refractivity (Wildman–Crippen MR) is 84.5 cm³/mol. The van der Waals surface area contributed by atoms with E-state index in [4.69, 9.17) is 4.74 Å². The lowest BCUT2D eigenvalue weighted by Crippen LogP contribution is -2.51. The minimum absolute atomic E-state index is 0.271. The molecule has 122 valence electrons. The molecule has 3 nitrogen and oxygen atoms in total. The first kappa shape index (κ1) is 15.8. The third-order valence-corrected chi connectivity index (χ3v) is 5.14. The van der Waals surface area contributed by atoms with E-state index in [9.17, 15) is 9.50 Å². The summed E-state index contributed by atoms with van der Waals surface area (Å²) in [4.78, 5) is 2.55. The van der Waals surface area contributed by atoms with Gasteiger partial charge in [0.25, 0.3) is 0 Å². The first-order valence-corrected chi connectivity index (χ1v) is 8.49. The number of hydrogen-bond donors (Lipinski definition) is 1. The number of halogens is 1. The topological polar surface area (TPSA) is 32.7 Å². The van der Waals surface area contributed by atoms with Crippen molar-refractivity contribution in [2.45, 2.75) is 56.6 Å². The maximum Gasteiger partial charge on any atom is 0.123 e. The number of rotatable bonds is 4. The van der Waals surface area contributed by atoms with Gasteiger partial charge in [-0.3, -0.25) is 0 Å². The smallest absolute Gasteiger partial charge is 0.123 e. The Morgan fingerprint density at radius 1 is 1.09 bits per heavy atom. The van der Waals surface area contributed by atoms with Crippen molar-refractivity contribution < 1.29 is 14.2 Å². The highest BCUT2D eigenvalue weighted by atomic mass is 19.1. The molecule has 22 heavy (non-hydrogen) atoms. The highest BCUT2D eigenvalue weighted by molar-refractivity contribution is 5.22. The van der Waals surface area contributed by atoms with Crippen molar-refractivity contribution >= 4 is 0 Å². The number of likely N-dealkylation sites (tertiary alicyclic amines) is 1. The molecule has 1 saturated heterocycles. The molecule has 0 unspecified atom stereocenters. The zero-order valence-corrected chi connectivity index (χ0v) is 13.1. The van der Waals surface area contributed by atoms with Gasteiger partial charge >= 0.3 is 0 Å². The zero-order chi connectivity index (χ0) is 15.4. The fraction of sp³-hybridized carbons (Fsp3) is 0.667. The molecule has 0 spiro atoms. The highest BCUT2D eigenvalue weighted by Gasteiger charge is 2.35. The van der Waals surface area contributed by atoms with Crippen molar-refractivity contribution in [1.82, 2.24) is 4.90 Å². The van der Waals surface area contributed by atoms with Gasteiger partial charge in [0, 0.05) is 19.1 Å². The number of ether oxygens (including phenoxy) is 1. The van der Waals surface area contributed by atoms with Crippen LogP contribution in [-0.4, -0.2) is 41.3 Å². The molecule has 1 heterocycles. The molecule has 1 saturated carbocycles. The molecule has 2 aliphatic rings. The molecule has 2 fully saturated rings. The van der Waals surface area contributed by atoms with Crippen LogP contribution in [0.25, 0.3) is 0 Å². The molecule has 0 atom stereocenters. The van der Waals surface area contributed by atoms with Crippen LogP contribution in [0.1, 0.15) is 44.9 Å². The summed E-state index contributed by atoms with van der Waals surface area (Å²) in [6.45, 7) is 2.19. The van der Waals surface area contributed by atoms with Gasteiger partial charge in [-0.2, -0.15) is 0 Å². The summed E-state index contributed by atoms with van der Waals surface area (Å²) in [5.74, 6) is 0.344. The third-order valence-electron chi connectivity index (χ3n) is 5.14. The minimum Gasteiger partial charge on any atom is -0.491 e. The van der Waals surface area contributed by atoms with Crippen LogP contribution in [0.5, 0.6) is 5.75 Å². The second-order valence-electron chi connectivity index (χ2n) is 6.79. The number of nitrogens with zero attached hydrogens (tertiary/aromatic N) is 1. The van der Waals surface area contributed by atoms with Gasteiger partial charge in [0.05, 0.1) is 0 Å². The van der Waals surface area contributed by atoms with Crippen LogP contribution in [-0.2, 0) is 0 Å². The Bertz CT molecular complexity index is 462. The van der Waals surface area contributed by atoms with E-state index in [0.717, 1.165) is 32.0 Å². The van der Waals surface area contributed by atoms with E-state index in [1.165, 1.54) is 44.2 Å². The molecular formula is C18H26FNO2. The summed E-state index contributed by atoms with van der Waals surface area (Å²) in [5, 5.41) is 10.7. The predicted octanol–water partition coefficient (Wildman–Crippen LogP) is 3.36. The van der Waals surface area contributed by atoms with Crippen molar-refractivity contribution in [3.63, 3.8) is 0 Å². The molecule has 1 aliphatic carbocycles. The van der Waals surface area contributed by atoms with E-state index >= 15 is 0 Å². The molecule has 1 N–H and O–H groups in total. The third kappa shape index (κ3) is 3.99. The molecular weight excluding hydrogens is 281 g/mol. The van der Waals surface area contributed by atoms with Crippen LogP contribution in [0.2, 0.25) is 0 Å². The summed E-state index contributed by atoms with van der Waals surface area (Å²) in [7, 11) is 0. The van der Waals surface area contributed by atoms with Gasteiger partial charge in [0.15, 0.2) is 0 Å².